The summed E-state index contributed by atoms with van der Waals surface area (Å²) in [5.74, 6) is -0.118. The number of halogens is 3. The van der Waals surface area contributed by atoms with E-state index in [9.17, 15) is 23.1 Å². The fraction of sp³-hybridized carbons (Fsp3) is 0.652. The molecule has 1 saturated carbocycles. The summed E-state index contributed by atoms with van der Waals surface area (Å²) in [4.78, 5) is 25.7. The maximum atomic E-state index is 13.6. The monoisotopic (exact) mass is 476 g/mol. The van der Waals surface area contributed by atoms with Gasteiger partial charge in [-0.05, 0) is 43.7 Å². The Morgan fingerprint density at radius 2 is 1.94 bits per heavy atom. The first-order valence-electron chi connectivity index (χ1n) is 11.9. The van der Waals surface area contributed by atoms with Crippen LogP contribution in [0.15, 0.2) is 24.9 Å². The van der Waals surface area contributed by atoms with Crippen LogP contribution in [0.2, 0.25) is 0 Å². The summed E-state index contributed by atoms with van der Waals surface area (Å²) in [7, 11) is 0. The molecule has 3 unspecified atom stereocenters. The molecule has 1 amide bonds. The van der Waals surface area contributed by atoms with E-state index in [0.717, 1.165) is 44.6 Å². The number of fused-ring (bicyclic) bond motifs is 2. The Morgan fingerprint density at radius 3 is 2.65 bits per heavy atom. The summed E-state index contributed by atoms with van der Waals surface area (Å²) in [6, 6.07) is 1.21. The second-order valence-corrected chi connectivity index (χ2v) is 10.2. The van der Waals surface area contributed by atoms with Crippen molar-refractivity contribution < 1.29 is 23.1 Å². The lowest BCUT2D eigenvalue weighted by atomic mass is 9.79. The second kappa shape index (κ2) is 7.74. The minimum atomic E-state index is -4.48. The third-order valence-corrected chi connectivity index (χ3v) is 8.50. The van der Waals surface area contributed by atoms with Gasteiger partial charge in [0.2, 0.25) is 5.91 Å². The SMILES string of the molecule is O=C1N2Cc3cc(C(F)(F)F)cnc3CC2C(O)[C@@]12CCC(N1CCC(n3cncn3)CC1)C2. The number of aliphatic hydroxyl groups excluding tert-OH is 1. The van der Waals surface area contributed by atoms with Gasteiger partial charge in [-0.3, -0.25) is 9.78 Å². The molecule has 4 atom stereocenters. The summed E-state index contributed by atoms with van der Waals surface area (Å²) in [5, 5.41) is 15.6. The van der Waals surface area contributed by atoms with Crippen molar-refractivity contribution in [3.63, 3.8) is 0 Å². The van der Waals surface area contributed by atoms with E-state index in [1.807, 2.05) is 4.68 Å². The van der Waals surface area contributed by atoms with E-state index < -0.39 is 29.3 Å². The zero-order chi connectivity index (χ0) is 23.7. The minimum Gasteiger partial charge on any atom is -0.390 e. The predicted molar refractivity (Wildman–Crippen MR) is 113 cm³/mol. The molecule has 1 spiro atoms. The molecule has 0 aromatic carbocycles. The molecular weight excluding hydrogens is 449 g/mol. The summed E-state index contributed by atoms with van der Waals surface area (Å²) < 4.78 is 41.4. The first-order chi connectivity index (χ1) is 16.3. The molecule has 0 bridgehead atoms. The largest absolute Gasteiger partial charge is 0.417 e. The van der Waals surface area contributed by atoms with Crippen molar-refractivity contribution in [2.75, 3.05) is 13.1 Å². The Balaban J connectivity index is 1.17. The van der Waals surface area contributed by atoms with Gasteiger partial charge in [-0.15, -0.1) is 0 Å². The van der Waals surface area contributed by atoms with Crippen LogP contribution in [0.1, 0.15) is 55.0 Å². The number of carbonyl (C=O) groups excluding carboxylic acids is 1. The van der Waals surface area contributed by atoms with Crippen LogP contribution < -0.4 is 0 Å². The predicted octanol–water partition coefficient (Wildman–Crippen LogP) is 2.20. The summed E-state index contributed by atoms with van der Waals surface area (Å²) >= 11 is 0. The normalized spacial score (nSPS) is 32.4. The number of aliphatic hydroxyl groups is 1. The number of rotatable bonds is 2. The van der Waals surface area contributed by atoms with Gasteiger partial charge in [-0.25, -0.2) is 9.67 Å². The molecule has 8 nitrogen and oxygen atoms in total. The quantitative estimate of drug-likeness (QED) is 0.715. The van der Waals surface area contributed by atoms with E-state index in [2.05, 4.69) is 20.0 Å². The summed E-state index contributed by atoms with van der Waals surface area (Å²) in [6.45, 7) is 1.87. The molecule has 5 heterocycles. The highest BCUT2D eigenvalue weighted by atomic mass is 19.4. The highest BCUT2D eigenvalue weighted by Gasteiger charge is 2.62. The number of hydrogen-bond donors (Lipinski definition) is 1. The van der Waals surface area contributed by atoms with Gasteiger partial charge in [-0.2, -0.15) is 18.3 Å². The van der Waals surface area contributed by atoms with Gasteiger partial charge in [0.05, 0.1) is 29.2 Å². The topological polar surface area (TPSA) is 87.4 Å². The third kappa shape index (κ3) is 3.35. The average Bonchev–Trinajstić information content (AvgIpc) is 3.56. The van der Waals surface area contributed by atoms with Crippen molar-refractivity contribution in [2.45, 2.75) is 75.5 Å². The van der Waals surface area contributed by atoms with E-state index >= 15 is 0 Å². The van der Waals surface area contributed by atoms with Crippen LogP contribution in [0.4, 0.5) is 13.2 Å². The number of hydrogen-bond acceptors (Lipinski definition) is 6. The van der Waals surface area contributed by atoms with Crippen molar-refractivity contribution in [1.82, 2.24) is 29.5 Å². The lowest BCUT2D eigenvalue weighted by Crippen LogP contribution is -2.43. The van der Waals surface area contributed by atoms with Gasteiger partial charge in [0.25, 0.3) is 0 Å². The van der Waals surface area contributed by atoms with Crippen LogP contribution >= 0.6 is 0 Å². The maximum absolute atomic E-state index is 13.6. The zero-order valence-electron chi connectivity index (χ0n) is 18.7. The number of piperidine rings is 1. The van der Waals surface area contributed by atoms with Crippen molar-refractivity contribution in [1.29, 1.82) is 0 Å². The molecule has 2 aromatic heterocycles. The fourth-order valence-corrected chi connectivity index (χ4v) is 6.65. The van der Waals surface area contributed by atoms with Gasteiger partial charge in [-0.1, -0.05) is 0 Å². The number of amides is 1. The molecule has 2 aromatic rings. The fourth-order valence-electron chi connectivity index (χ4n) is 6.65. The van der Waals surface area contributed by atoms with Crippen molar-refractivity contribution in [3.05, 3.63) is 41.7 Å². The molecule has 2 saturated heterocycles. The number of aromatic nitrogens is 4. The highest BCUT2D eigenvalue weighted by molar-refractivity contribution is 5.87. The van der Waals surface area contributed by atoms with E-state index in [1.54, 1.807) is 17.6 Å². The molecule has 182 valence electrons. The molecule has 3 fully saturated rings. The molecule has 1 aliphatic carbocycles. The van der Waals surface area contributed by atoms with Crippen molar-refractivity contribution in [2.24, 2.45) is 5.41 Å². The Bertz CT molecular complexity index is 1080. The zero-order valence-corrected chi connectivity index (χ0v) is 18.7. The molecule has 3 aliphatic heterocycles. The van der Waals surface area contributed by atoms with Gasteiger partial charge < -0.3 is 14.9 Å². The third-order valence-electron chi connectivity index (χ3n) is 8.50. The van der Waals surface area contributed by atoms with Gasteiger partial charge in [0.15, 0.2) is 0 Å². The smallest absolute Gasteiger partial charge is 0.390 e. The number of likely N-dealkylation sites (tertiary alicyclic amines) is 1. The van der Waals surface area contributed by atoms with Crippen LogP contribution in [0.25, 0.3) is 0 Å². The second-order valence-electron chi connectivity index (χ2n) is 10.2. The number of carbonyl (C=O) groups is 1. The molecular formula is C23H27F3N6O2. The molecule has 4 aliphatic rings. The molecule has 11 heteroatoms. The first kappa shape index (κ1) is 22.0. The Kier molecular flexibility index (Phi) is 5.00. The van der Waals surface area contributed by atoms with Crippen molar-refractivity contribution in [3.8, 4) is 0 Å². The molecule has 34 heavy (non-hydrogen) atoms. The lowest BCUT2D eigenvalue weighted by Gasteiger charge is -2.36. The van der Waals surface area contributed by atoms with Crippen LogP contribution in [0.3, 0.4) is 0 Å². The van der Waals surface area contributed by atoms with Crippen LogP contribution in [0.5, 0.6) is 0 Å². The van der Waals surface area contributed by atoms with E-state index in [-0.39, 0.29) is 24.9 Å². The van der Waals surface area contributed by atoms with Crippen LogP contribution in [-0.2, 0) is 23.9 Å². The number of alkyl halides is 3. The van der Waals surface area contributed by atoms with Crippen LogP contribution in [0, 0.1) is 5.41 Å². The van der Waals surface area contributed by atoms with E-state index in [1.165, 1.54) is 0 Å². The van der Waals surface area contributed by atoms with Gasteiger partial charge in [0, 0.05) is 44.0 Å². The minimum absolute atomic E-state index is 0.0720. The van der Waals surface area contributed by atoms with Gasteiger partial charge >= 0.3 is 6.18 Å². The maximum Gasteiger partial charge on any atom is 0.417 e. The summed E-state index contributed by atoms with van der Waals surface area (Å²) in [6.07, 6.45) is 3.06. The molecule has 0 radical (unpaired) electrons. The Labute approximate surface area is 194 Å². The standard InChI is InChI=1S/C23H27F3N6O2/c24-23(25,26)15-7-14-11-31-19(8-18(14)28-10-15)20(33)22(21(31)34)4-1-17(9-22)30-5-2-16(3-6-30)32-13-27-12-29-32/h7,10,12-13,16-17,19-20,33H,1-6,8-9,11H2/t17?,19?,20?,22-/m0/s1. The number of nitrogens with zero attached hydrogens (tertiary/aromatic N) is 6. The summed E-state index contributed by atoms with van der Waals surface area (Å²) in [5.41, 5.74) is -0.689. The number of pyridine rings is 1. The molecule has 1 N–H and O–H groups in total. The van der Waals surface area contributed by atoms with E-state index in [0.29, 0.717) is 30.1 Å². The van der Waals surface area contributed by atoms with Gasteiger partial charge in [0.1, 0.15) is 12.7 Å². The molecule has 6 rings (SSSR count). The van der Waals surface area contributed by atoms with Crippen LogP contribution in [-0.4, -0.2) is 71.8 Å². The average molecular weight is 477 g/mol. The Hall–Kier alpha value is -2.53. The lowest BCUT2D eigenvalue weighted by molar-refractivity contribution is -0.138. The first-order valence-corrected chi connectivity index (χ1v) is 11.9. The van der Waals surface area contributed by atoms with E-state index in [4.69, 9.17) is 0 Å². The van der Waals surface area contributed by atoms with Crippen molar-refractivity contribution >= 4 is 5.91 Å². The highest BCUT2D eigenvalue weighted by Crippen LogP contribution is 2.52. The Morgan fingerprint density at radius 1 is 1.15 bits per heavy atom.